The molecule has 0 saturated carbocycles. The third-order valence-corrected chi connectivity index (χ3v) is 5.75. The second kappa shape index (κ2) is 9.26. The number of esters is 1. The number of fused-ring (bicyclic) bond motifs is 1. The molecule has 0 bridgehead atoms. The number of aliphatic hydroxyl groups excluding tert-OH is 2. The number of hydrogen-bond acceptors (Lipinski definition) is 10. The van der Waals surface area contributed by atoms with Crippen molar-refractivity contribution >= 4 is 34.6 Å². The van der Waals surface area contributed by atoms with Crippen molar-refractivity contribution in [1.82, 2.24) is 14.5 Å². The summed E-state index contributed by atoms with van der Waals surface area (Å²) in [5.74, 6) is 0.949. The molecule has 2 aromatic rings. The van der Waals surface area contributed by atoms with Crippen LogP contribution in [0.25, 0.3) is 11.0 Å². The molecule has 5 unspecified atom stereocenters. The van der Waals surface area contributed by atoms with Gasteiger partial charge in [0.05, 0.1) is 17.6 Å². The maximum absolute atomic E-state index is 11.7. The molecule has 160 valence electrons. The molecule has 3 rings (SSSR count). The second-order valence-electron chi connectivity index (χ2n) is 7.22. The number of nitrogens with two attached hydrogens (primary N) is 2. The Bertz CT molecular complexity index is 847. The number of ether oxygens (including phenoxy) is 2. The van der Waals surface area contributed by atoms with Gasteiger partial charge in [-0.2, -0.15) is 11.8 Å². The number of thioether (sulfide) groups is 1. The van der Waals surface area contributed by atoms with Crippen LogP contribution >= 0.6 is 11.8 Å². The Labute approximate surface area is 172 Å². The SMILES string of the molecule is CC(C)OC(=O)C(N)CCSCC1OC(n2ccc3c(N)ncnc32)C(O)C1O. The molecule has 0 aliphatic carbocycles. The molecule has 10 nitrogen and oxygen atoms in total. The van der Waals surface area contributed by atoms with Crippen LogP contribution in [0.1, 0.15) is 26.5 Å². The molecule has 1 fully saturated rings. The van der Waals surface area contributed by atoms with Crippen molar-refractivity contribution in [2.24, 2.45) is 5.73 Å². The van der Waals surface area contributed by atoms with Crippen molar-refractivity contribution in [1.29, 1.82) is 0 Å². The fraction of sp³-hybridized carbons (Fsp3) is 0.611. The zero-order valence-corrected chi connectivity index (χ0v) is 17.2. The molecular weight excluding hydrogens is 398 g/mol. The first-order chi connectivity index (χ1) is 13.8. The Kier molecular flexibility index (Phi) is 6.96. The topological polar surface area (TPSA) is 159 Å². The summed E-state index contributed by atoms with van der Waals surface area (Å²) in [5.41, 5.74) is 12.2. The Morgan fingerprint density at radius 3 is 2.86 bits per heavy atom. The van der Waals surface area contributed by atoms with Crippen molar-refractivity contribution < 1.29 is 24.5 Å². The molecule has 0 radical (unpaired) electrons. The molecule has 1 aliphatic heterocycles. The van der Waals surface area contributed by atoms with Crippen LogP contribution in [0.3, 0.4) is 0 Å². The number of nitrogen functional groups attached to an aromatic ring is 1. The maximum atomic E-state index is 11.7. The number of nitrogens with zero attached hydrogens (tertiary/aromatic N) is 3. The minimum Gasteiger partial charge on any atom is -0.462 e. The molecule has 3 heterocycles. The van der Waals surface area contributed by atoms with E-state index in [9.17, 15) is 15.0 Å². The highest BCUT2D eigenvalue weighted by molar-refractivity contribution is 7.99. The molecule has 1 aliphatic rings. The van der Waals surface area contributed by atoms with Gasteiger partial charge in [-0.3, -0.25) is 4.79 Å². The fourth-order valence-electron chi connectivity index (χ4n) is 3.14. The predicted octanol–water partition coefficient (Wildman–Crippen LogP) is 0.0349. The van der Waals surface area contributed by atoms with Gasteiger partial charge in [-0.25, -0.2) is 9.97 Å². The van der Waals surface area contributed by atoms with Gasteiger partial charge in [0.15, 0.2) is 6.23 Å². The predicted molar refractivity (Wildman–Crippen MR) is 109 cm³/mol. The van der Waals surface area contributed by atoms with E-state index in [0.29, 0.717) is 34.8 Å². The molecule has 0 aromatic carbocycles. The Hall–Kier alpha value is -1.92. The standard InChI is InChI=1S/C18H27N5O5S/c1-9(2)27-18(26)11(19)4-6-29-7-12-13(24)14(25)17(28-12)23-5-3-10-15(20)21-8-22-16(10)23/h3,5,8-9,11-14,17,24-25H,4,6-7,19H2,1-2H3,(H2,20,21,22). The van der Waals surface area contributed by atoms with E-state index < -0.39 is 36.6 Å². The summed E-state index contributed by atoms with van der Waals surface area (Å²) in [5, 5.41) is 21.5. The number of aromatic nitrogens is 3. The smallest absolute Gasteiger partial charge is 0.323 e. The van der Waals surface area contributed by atoms with Gasteiger partial charge in [-0.15, -0.1) is 0 Å². The first-order valence-corrected chi connectivity index (χ1v) is 10.6. The lowest BCUT2D eigenvalue weighted by molar-refractivity contribution is -0.149. The van der Waals surface area contributed by atoms with Crippen molar-refractivity contribution in [2.75, 3.05) is 17.2 Å². The van der Waals surface area contributed by atoms with Gasteiger partial charge in [-0.05, 0) is 32.1 Å². The normalized spacial score (nSPS) is 25.6. The summed E-state index contributed by atoms with van der Waals surface area (Å²) in [6.07, 6.45) is -0.242. The van der Waals surface area contributed by atoms with E-state index in [1.165, 1.54) is 18.1 Å². The molecule has 1 saturated heterocycles. The summed E-state index contributed by atoms with van der Waals surface area (Å²) < 4.78 is 12.6. The van der Waals surface area contributed by atoms with Gasteiger partial charge < -0.3 is 35.7 Å². The van der Waals surface area contributed by atoms with Crippen LogP contribution in [0, 0.1) is 0 Å². The van der Waals surface area contributed by atoms with E-state index in [2.05, 4.69) is 9.97 Å². The number of hydrogen-bond donors (Lipinski definition) is 4. The molecule has 0 spiro atoms. The van der Waals surface area contributed by atoms with Gasteiger partial charge in [0.2, 0.25) is 0 Å². The number of rotatable bonds is 8. The molecule has 2 aromatic heterocycles. The zero-order valence-electron chi connectivity index (χ0n) is 16.3. The monoisotopic (exact) mass is 425 g/mol. The van der Waals surface area contributed by atoms with Crippen molar-refractivity contribution in [3.63, 3.8) is 0 Å². The van der Waals surface area contributed by atoms with Crippen LogP contribution in [0.15, 0.2) is 18.6 Å². The third kappa shape index (κ3) is 4.81. The maximum Gasteiger partial charge on any atom is 0.323 e. The summed E-state index contributed by atoms with van der Waals surface area (Å²) in [6.45, 7) is 3.54. The molecule has 11 heteroatoms. The summed E-state index contributed by atoms with van der Waals surface area (Å²) in [7, 11) is 0. The van der Waals surface area contributed by atoms with E-state index in [1.54, 1.807) is 30.7 Å². The van der Waals surface area contributed by atoms with Gasteiger partial charge in [0.25, 0.3) is 0 Å². The van der Waals surface area contributed by atoms with Gasteiger partial charge in [0, 0.05) is 11.9 Å². The van der Waals surface area contributed by atoms with Crippen LogP contribution in [-0.4, -0.2) is 72.7 Å². The largest absolute Gasteiger partial charge is 0.462 e. The molecular formula is C18H27N5O5S. The zero-order chi connectivity index (χ0) is 21.1. The van der Waals surface area contributed by atoms with Crippen molar-refractivity contribution in [3.8, 4) is 0 Å². The van der Waals surface area contributed by atoms with Gasteiger partial charge in [0.1, 0.15) is 36.0 Å². The Morgan fingerprint density at radius 2 is 2.14 bits per heavy atom. The molecule has 29 heavy (non-hydrogen) atoms. The Morgan fingerprint density at radius 1 is 1.38 bits per heavy atom. The van der Waals surface area contributed by atoms with Crippen molar-refractivity contribution in [3.05, 3.63) is 18.6 Å². The quantitative estimate of drug-likeness (QED) is 0.336. The summed E-state index contributed by atoms with van der Waals surface area (Å²) in [6, 6.07) is 1.06. The van der Waals surface area contributed by atoms with E-state index in [4.69, 9.17) is 20.9 Å². The Balaban J connectivity index is 1.55. The van der Waals surface area contributed by atoms with E-state index >= 15 is 0 Å². The van der Waals surface area contributed by atoms with Gasteiger partial charge in [-0.1, -0.05) is 0 Å². The highest BCUT2D eigenvalue weighted by Gasteiger charge is 2.43. The van der Waals surface area contributed by atoms with E-state index in [0.717, 1.165) is 0 Å². The highest BCUT2D eigenvalue weighted by Crippen LogP contribution is 2.34. The summed E-state index contributed by atoms with van der Waals surface area (Å²) >= 11 is 1.49. The first-order valence-electron chi connectivity index (χ1n) is 9.42. The summed E-state index contributed by atoms with van der Waals surface area (Å²) in [4.78, 5) is 19.9. The lowest BCUT2D eigenvalue weighted by atomic mass is 10.1. The van der Waals surface area contributed by atoms with Crippen LogP contribution in [0.4, 0.5) is 5.82 Å². The van der Waals surface area contributed by atoms with Crippen LogP contribution in [0.2, 0.25) is 0 Å². The minimum absolute atomic E-state index is 0.202. The molecule has 0 amide bonds. The molecule has 6 N–H and O–H groups in total. The lowest BCUT2D eigenvalue weighted by Gasteiger charge is -2.17. The second-order valence-corrected chi connectivity index (χ2v) is 8.37. The van der Waals surface area contributed by atoms with Crippen LogP contribution in [0.5, 0.6) is 0 Å². The van der Waals surface area contributed by atoms with E-state index in [-0.39, 0.29) is 6.10 Å². The number of carbonyl (C=O) groups is 1. The minimum atomic E-state index is -1.12. The average Bonchev–Trinajstić information content (AvgIpc) is 3.21. The van der Waals surface area contributed by atoms with Crippen LogP contribution < -0.4 is 11.5 Å². The average molecular weight is 426 g/mol. The highest BCUT2D eigenvalue weighted by atomic mass is 32.2. The first kappa shape index (κ1) is 21.8. The van der Waals surface area contributed by atoms with Crippen LogP contribution in [-0.2, 0) is 14.3 Å². The fourth-order valence-corrected chi connectivity index (χ4v) is 4.24. The number of aliphatic hydroxyl groups is 2. The van der Waals surface area contributed by atoms with Crippen molar-refractivity contribution in [2.45, 2.75) is 57.0 Å². The number of anilines is 1. The van der Waals surface area contributed by atoms with Gasteiger partial charge >= 0.3 is 5.97 Å². The molecule has 5 atom stereocenters. The third-order valence-electron chi connectivity index (χ3n) is 4.66. The van der Waals surface area contributed by atoms with E-state index in [1.807, 2.05) is 0 Å². The number of carbonyl (C=O) groups excluding carboxylic acids is 1. The lowest BCUT2D eigenvalue weighted by Crippen LogP contribution is -2.35.